The Morgan fingerprint density at radius 2 is 1.91 bits per heavy atom. The molecule has 1 aliphatic carbocycles. The van der Waals surface area contributed by atoms with Crippen molar-refractivity contribution in [2.24, 2.45) is 0 Å². The van der Waals surface area contributed by atoms with Gasteiger partial charge in [0.15, 0.2) is 11.5 Å². The van der Waals surface area contributed by atoms with Crippen LogP contribution in [0.3, 0.4) is 0 Å². The van der Waals surface area contributed by atoms with Gasteiger partial charge in [-0.3, -0.25) is 4.79 Å². The van der Waals surface area contributed by atoms with Gasteiger partial charge in [0.05, 0.1) is 6.61 Å². The van der Waals surface area contributed by atoms with E-state index in [1.54, 1.807) is 6.92 Å². The predicted molar refractivity (Wildman–Crippen MR) is 83.2 cm³/mol. The zero-order valence-corrected chi connectivity index (χ0v) is 13.3. The number of hydrogen-bond acceptors (Lipinski definition) is 3. The van der Waals surface area contributed by atoms with Crippen molar-refractivity contribution in [3.63, 3.8) is 0 Å². The molecule has 0 atom stereocenters. The minimum atomic E-state index is -2.93. The van der Waals surface area contributed by atoms with Crippen LogP contribution >= 0.6 is 0 Å². The van der Waals surface area contributed by atoms with Gasteiger partial charge in [-0.1, -0.05) is 25.7 Å². The molecule has 0 radical (unpaired) electrons. The first-order chi connectivity index (χ1) is 11.1. The van der Waals surface area contributed by atoms with Crippen LogP contribution in [0.2, 0.25) is 0 Å². The van der Waals surface area contributed by atoms with Crippen LogP contribution < -0.4 is 14.8 Å². The largest absolute Gasteiger partial charge is 0.490 e. The number of amides is 1. The van der Waals surface area contributed by atoms with Gasteiger partial charge in [0.25, 0.3) is 5.91 Å². The van der Waals surface area contributed by atoms with E-state index in [4.69, 9.17) is 4.74 Å². The molecule has 23 heavy (non-hydrogen) atoms. The maximum absolute atomic E-state index is 12.4. The number of nitrogens with one attached hydrogen (secondary N) is 1. The SMILES string of the molecule is CCOc1cc(C(=O)NC2CCCCCC2)ccc1OC(F)F. The van der Waals surface area contributed by atoms with Crippen molar-refractivity contribution in [3.8, 4) is 11.5 Å². The molecule has 1 saturated carbocycles. The summed E-state index contributed by atoms with van der Waals surface area (Å²) in [4.78, 5) is 12.4. The smallest absolute Gasteiger partial charge is 0.387 e. The molecule has 128 valence electrons. The standard InChI is InChI=1S/C17H23F2NO3/c1-2-22-15-11-12(9-10-14(15)23-17(18)19)16(21)20-13-7-5-3-4-6-8-13/h9-11,13,17H,2-8H2,1H3,(H,20,21). The van der Waals surface area contributed by atoms with E-state index in [0.29, 0.717) is 12.2 Å². The molecule has 1 aromatic rings. The minimum Gasteiger partial charge on any atom is -0.490 e. The first-order valence-electron chi connectivity index (χ1n) is 8.12. The van der Waals surface area contributed by atoms with Crippen molar-refractivity contribution in [2.75, 3.05) is 6.61 Å². The van der Waals surface area contributed by atoms with Gasteiger partial charge in [-0.05, 0) is 38.0 Å². The molecule has 0 aromatic heterocycles. The number of alkyl halides is 2. The van der Waals surface area contributed by atoms with Crippen molar-refractivity contribution < 1.29 is 23.0 Å². The van der Waals surface area contributed by atoms with Crippen LogP contribution in [0.15, 0.2) is 18.2 Å². The first kappa shape index (κ1) is 17.5. The van der Waals surface area contributed by atoms with Crippen LogP contribution in [0.25, 0.3) is 0 Å². The molecule has 1 N–H and O–H groups in total. The molecule has 1 aliphatic rings. The van der Waals surface area contributed by atoms with E-state index in [9.17, 15) is 13.6 Å². The van der Waals surface area contributed by atoms with Crippen LogP contribution in [0.5, 0.6) is 11.5 Å². The number of ether oxygens (including phenoxy) is 2. The second-order valence-corrected chi connectivity index (χ2v) is 5.63. The number of rotatable bonds is 6. The zero-order valence-electron chi connectivity index (χ0n) is 13.3. The monoisotopic (exact) mass is 327 g/mol. The van der Waals surface area contributed by atoms with E-state index in [1.165, 1.54) is 31.0 Å². The molecule has 0 bridgehead atoms. The highest BCUT2D eigenvalue weighted by molar-refractivity contribution is 5.95. The molecular weight excluding hydrogens is 304 g/mol. The Hall–Kier alpha value is -1.85. The fourth-order valence-electron chi connectivity index (χ4n) is 2.80. The van der Waals surface area contributed by atoms with Crippen LogP contribution in [0, 0.1) is 0 Å². The maximum atomic E-state index is 12.4. The molecule has 2 rings (SSSR count). The van der Waals surface area contributed by atoms with Crippen molar-refractivity contribution in [3.05, 3.63) is 23.8 Å². The highest BCUT2D eigenvalue weighted by Crippen LogP contribution is 2.30. The van der Waals surface area contributed by atoms with Crippen LogP contribution in [0.4, 0.5) is 8.78 Å². The van der Waals surface area contributed by atoms with Crippen LogP contribution in [-0.4, -0.2) is 25.2 Å². The molecular formula is C17H23F2NO3. The predicted octanol–water partition coefficient (Wildman–Crippen LogP) is 4.14. The number of halogens is 2. The zero-order chi connectivity index (χ0) is 16.7. The Bertz CT molecular complexity index is 515. The number of hydrogen-bond donors (Lipinski definition) is 1. The summed E-state index contributed by atoms with van der Waals surface area (Å²) in [5, 5.41) is 3.02. The molecule has 0 saturated heterocycles. The molecule has 0 heterocycles. The lowest BCUT2D eigenvalue weighted by molar-refractivity contribution is -0.0514. The quantitative estimate of drug-likeness (QED) is 0.799. The number of benzene rings is 1. The summed E-state index contributed by atoms with van der Waals surface area (Å²) in [6.45, 7) is -0.891. The summed E-state index contributed by atoms with van der Waals surface area (Å²) in [5.41, 5.74) is 0.388. The van der Waals surface area contributed by atoms with E-state index < -0.39 is 6.61 Å². The van der Waals surface area contributed by atoms with Crippen molar-refractivity contribution in [2.45, 2.75) is 58.1 Å². The highest BCUT2D eigenvalue weighted by atomic mass is 19.3. The fourth-order valence-corrected chi connectivity index (χ4v) is 2.80. The van der Waals surface area contributed by atoms with E-state index in [1.807, 2.05) is 0 Å². The Morgan fingerprint density at radius 1 is 1.22 bits per heavy atom. The number of carbonyl (C=O) groups excluding carboxylic acids is 1. The third kappa shape index (κ3) is 5.37. The summed E-state index contributed by atoms with van der Waals surface area (Å²) >= 11 is 0. The Balaban J connectivity index is 2.08. The third-order valence-electron chi connectivity index (χ3n) is 3.91. The normalized spacial score (nSPS) is 16.0. The first-order valence-corrected chi connectivity index (χ1v) is 8.12. The molecule has 1 amide bonds. The van der Waals surface area contributed by atoms with Gasteiger partial charge in [-0.2, -0.15) is 8.78 Å². The van der Waals surface area contributed by atoms with E-state index in [0.717, 1.165) is 25.7 Å². The Morgan fingerprint density at radius 3 is 2.52 bits per heavy atom. The van der Waals surface area contributed by atoms with Gasteiger partial charge < -0.3 is 14.8 Å². The average Bonchev–Trinajstić information content (AvgIpc) is 2.77. The van der Waals surface area contributed by atoms with E-state index >= 15 is 0 Å². The summed E-state index contributed by atoms with van der Waals surface area (Å²) in [6.07, 6.45) is 6.63. The summed E-state index contributed by atoms with van der Waals surface area (Å²) in [5.74, 6) is -0.115. The van der Waals surface area contributed by atoms with Crippen LogP contribution in [0.1, 0.15) is 55.8 Å². The Labute approximate surface area is 135 Å². The van der Waals surface area contributed by atoms with E-state index in [-0.39, 0.29) is 23.4 Å². The summed E-state index contributed by atoms with van der Waals surface area (Å²) in [6, 6.07) is 4.45. The maximum Gasteiger partial charge on any atom is 0.387 e. The van der Waals surface area contributed by atoms with Gasteiger partial charge in [0, 0.05) is 11.6 Å². The highest BCUT2D eigenvalue weighted by Gasteiger charge is 2.18. The molecule has 1 fully saturated rings. The molecule has 6 heteroatoms. The summed E-state index contributed by atoms with van der Waals surface area (Å²) in [7, 11) is 0. The van der Waals surface area contributed by atoms with Gasteiger partial charge in [-0.25, -0.2) is 0 Å². The van der Waals surface area contributed by atoms with Crippen molar-refractivity contribution in [1.29, 1.82) is 0 Å². The lowest BCUT2D eigenvalue weighted by Crippen LogP contribution is -2.34. The molecule has 0 unspecified atom stereocenters. The molecule has 4 nitrogen and oxygen atoms in total. The lowest BCUT2D eigenvalue weighted by Gasteiger charge is -2.17. The topological polar surface area (TPSA) is 47.6 Å². The summed E-state index contributed by atoms with van der Waals surface area (Å²) < 4.78 is 34.5. The average molecular weight is 327 g/mol. The van der Waals surface area contributed by atoms with Gasteiger partial charge in [0.2, 0.25) is 0 Å². The molecule has 0 aliphatic heterocycles. The third-order valence-corrected chi connectivity index (χ3v) is 3.91. The van der Waals surface area contributed by atoms with Crippen LogP contribution in [-0.2, 0) is 0 Å². The second kappa shape index (κ2) is 8.70. The lowest BCUT2D eigenvalue weighted by atomic mass is 10.1. The van der Waals surface area contributed by atoms with Crippen molar-refractivity contribution in [1.82, 2.24) is 5.32 Å². The Kier molecular flexibility index (Phi) is 6.62. The fraction of sp³-hybridized carbons (Fsp3) is 0.588. The van der Waals surface area contributed by atoms with Crippen molar-refractivity contribution >= 4 is 5.91 Å². The van der Waals surface area contributed by atoms with Gasteiger partial charge in [-0.15, -0.1) is 0 Å². The number of carbonyl (C=O) groups is 1. The van der Waals surface area contributed by atoms with E-state index in [2.05, 4.69) is 10.1 Å². The van der Waals surface area contributed by atoms with Gasteiger partial charge >= 0.3 is 6.61 Å². The van der Waals surface area contributed by atoms with Gasteiger partial charge in [0.1, 0.15) is 0 Å². The minimum absolute atomic E-state index is 0.0622. The molecule has 0 spiro atoms. The second-order valence-electron chi connectivity index (χ2n) is 5.63. The molecule has 1 aromatic carbocycles.